The van der Waals surface area contributed by atoms with Crippen molar-refractivity contribution in [3.63, 3.8) is 0 Å². The molecule has 0 saturated heterocycles. The topological polar surface area (TPSA) is 0 Å². The zero-order valence-electron chi connectivity index (χ0n) is 5.57. The van der Waals surface area contributed by atoms with Crippen LogP contribution in [-0.2, 0) is 0 Å². The molecule has 0 N–H and O–H groups in total. The van der Waals surface area contributed by atoms with Crippen molar-refractivity contribution in [1.29, 1.82) is 0 Å². The second-order valence-corrected chi connectivity index (χ2v) is 3.20. The van der Waals surface area contributed by atoms with E-state index in [9.17, 15) is 4.39 Å². The van der Waals surface area contributed by atoms with Gasteiger partial charge in [-0.3, -0.25) is 0 Å². The van der Waals surface area contributed by atoms with Crippen molar-refractivity contribution >= 4 is 15.9 Å². The molecule has 0 amide bonds. The summed E-state index contributed by atoms with van der Waals surface area (Å²) in [5.74, 6) is -0.183. The summed E-state index contributed by atoms with van der Waals surface area (Å²) in [4.78, 5) is 0.825. The second-order valence-electron chi connectivity index (χ2n) is 2.01. The summed E-state index contributed by atoms with van der Waals surface area (Å²) in [5, 5.41) is 0. The molecule has 1 aromatic rings. The van der Waals surface area contributed by atoms with E-state index in [1.54, 1.807) is 12.1 Å². The fraction of sp³-hybridized carbons (Fsp3) is 0.125. The van der Waals surface area contributed by atoms with E-state index in [2.05, 4.69) is 15.9 Å². The highest BCUT2D eigenvalue weighted by Crippen LogP contribution is 2.22. The highest BCUT2D eigenvalue weighted by Gasteiger charge is 2.05. The van der Waals surface area contributed by atoms with Crippen LogP contribution >= 0.6 is 15.9 Å². The van der Waals surface area contributed by atoms with Crippen LogP contribution in [0.4, 0.5) is 4.39 Å². The van der Waals surface area contributed by atoms with Gasteiger partial charge in [-0.15, -0.1) is 0 Å². The van der Waals surface area contributed by atoms with Crippen LogP contribution in [-0.4, -0.2) is 0 Å². The number of rotatable bonds is 1. The fourth-order valence-corrected chi connectivity index (χ4v) is 1.06. The monoisotopic (exact) mass is 201 g/mol. The van der Waals surface area contributed by atoms with Gasteiger partial charge in [-0.25, -0.2) is 4.39 Å². The van der Waals surface area contributed by atoms with E-state index in [0.717, 1.165) is 4.83 Å². The third kappa shape index (κ3) is 1.57. The molecule has 0 fully saturated rings. The molecule has 0 nitrogen and oxygen atoms in total. The lowest BCUT2D eigenvalue weighted by Crippen LogP contribution is -1.88. The number of hydrogen-bond acceptors (Lipinski definition) is 0. The van der Waals surface area contributed by atoms with Gasteiger partial charge in [-0.2, -0.15) is 0 Å². The van der Waals surface area contributed by atoms with E-state index in [0.29, 0.717) is 5.56 Å². The van der Waals surface area contributed by atoms with Crippen LogP contribution in [0.15, 0.2) is 24.3 Å². The molecule has 0 aromatic heterocycles. The molecule has 0 saturated carbocycles. The quantitative estimate of drug-likeness (QED) is 0.656. The maximum Gasteiger partial charge on any atom is 0.127 e. The standard InChI is InChI=1S/C8H7BrF/c1-6(9)7-4-2-3-5-8(7)10/h2-5H,1H3. The number of benzene rings is 1. The van der Waals surface area contributed by atoms with Gasteiger partial charge in [0.1, 0.15) is 5.82 Å². The van der Waals surface area contributed by atoms with Gasteiger partial charge in [0, 0.05) is 5.56 Å². The molecule has 10 heavy (non-hydrogen) atoms. The van der Waals surface area contributed by atoms with Gasteiger partial charge in [0.25, 0.3) is 0 Å². The summed E-state index contributed by atoms with van der Waals surface area (Å²) in [6, 6.07) is 6.66. The number of halogens is 2. The van der Waals surface area contributed by atoms with E-state index in [4.69, 9.17) is 0 Å². The Bertz CT molecular complexity index is 220. The van der Waals surface area contributed by atoms with E-state index < -0.39 is 0 Å². The minimum atomic E-state index is -0.183. The van der Waals surface area contributed by atoms with Gasteiger partial charge in [0.15, 0.2) is 0 Å². The van der Waals surface area contributed by atoms with Crippen molar-refractivity contribution in [3.05, 3.63) is 40.5 Å². The Labute approximate surface area is 68.2 Å². The Balaban J connectivity index is 3.03. The zero-order valence-corrected chi connectivity index (χ0v) is 7.15. The van der Waals surface area contributed by atoms with E-state index in [1.165, 1.54) is 6.07 Å². The summed E-state index contributed by atoms with van der Waals surface area (Å²) in [6.45, 7) is 1.82. The first kappa shape index (κ1) is 7.73. The molecular formula is C8H7BrF. The third-order valence-corrected chi connectivity index (χ3v) is 1.67. The molecule has 0 heterocycles. The van der Waals surface area contributed by atoms with Gasteiger partial charge in [0.2, 0.25) is 0 Å². The highest BCUT2D eigenvalue weighted by atomic mass is 79.9. The van der Waals surface area contributed by atoms with Gasteiger partial charge >= 0.3 is 0 Å². The first-order chi connectivity index (χ1) is 4.72. The summed E-state index contributed by atoms with van der Waals surface area (Å²) >= 11 is 3.21. The van der Waals surface area contributed by atoms with Crippen molar-refractivity contribution in [3.8, 4) is 0 Å². The van der Waals surface area contributed by atoms with Crippen molar-refractivity contribution in [2.24, 2.45) is 0 Å². The molecule has 2 heteroatoms. The first-order valence-corrected chi connectivity index (χ1v) is 3.75. The Morgan fingerprint density at radius 2 is 2.00 bits per heavy atom. The van der Waals surface area contributed by atoms with Crippen molar-refractivity contribution in [1.82, 2.24) is 0 Å². The largest absolute Gasteiger partial charge is 0.207 e. The molecule has 0 unspecified atom stereocenters. The lowest BCUT2D eigenvalue weighted by atomic mass is 10.2. The van der Waals surface area contributed by atoms with Crippen LogP contribution < -0.4 is 0 Å². The van der Waals surface area contributed by atoms with E-state index >= 15 is 0 Å². The molecule has 0 bridgehead atoms. The maximum atomic E-state index is 12.8. The van der Waals surface area contributed by atoms with Crippen LogP contribution in [0.3, 0.4) is 0 Å². The predicted molar refractivity (Wildman–Crippen MR) is 43.3 cm³/mol. The van der Waals surface area contributed by atoms with Crippen LogP contribution in [0.1, 0.15) is 12.5 Å². The molecule has 1 rings (SSSR count). The van der Waals surface area contributed by atoms with E-state index in [1.807, 2.05) is 13.0 Å². The smallest absolute Gasteiger partial charge is 0.127 e. The van der Waals surface area contributed by atoms with Gasteiger partial charge in [0.05, 0.1) is 4.83 Å². The molecule has 0 aliphatic heterocycles. The molecule has 1 aromatic carbocycles. The van der Waals surface area contributed by atoms with Crippen molar-refractivity contribution in [2.75, 3.05) is 0 Å². The zero-order chi connectivity index (χ0) is 7.56. The van der Waals surface area contributed by atoms with Crippen LogP contribution in [0.25, 0.3) is 0 Å². The SMILES string of the molecule is C[C](Br)c1ccccc1F. The van der Waals surface area contributed by atoms with E-state index in [-0.39, 0.29) is 5.82 Å². The van der Waals surface area contributed by atoms with Gasteiger partial charge in [-0.1, -0.05) is 34.1 Å². The Hall–Kier alpha value is -0.370. The average molecular weight is 202 g/mol. The normalized spacial score (nSPS) is 10.4. The number of hydrogen-bond donors (Lipinski definition) is 0. The lowest BCUT2D eigenvalue weighted by molar-refractivity contribution is 0.619. The predicted octanol–water partition coefficient (Wildman–Crippen LogP) is 3.12. The maximum absolute atomic E-state index is 12.8. The Morgan fingerprint density at radius 1 is 1.40 bits per heavy atom. The summed E-state index contributed by atoms with van der Waals surface area (Å²) in [5.41, 5.74) is 0.627. The van der Waals surface area contributed by atoms with Gasteiger partial charge < -0.3 is 0 Å². The lowest BCUT2D eigenvalue weighted by Gasteiger charge is -2.01. The summed E-state index contributed by atoms with van der Waals surface area (Å²) in [7, 11) is 0. The molecular weight excluding hydrogens is 195 g/mol. The summed E-state index contributed by atoms with van der Waals surface area (Å²) < 4.78 is 12.8. The van der Waals surface area contributed by atoms with Crippen LogP contribution in [0.2, 0.25) is 0 Å². The van der Waals surface area contributed by atoms with Crippen LogP contribution in [0, 0.1) is 10.6 Å². The molecule has 0 aliphatic carbocycles. The Morgan fingerprint density at radius 3 is 2.40 bits per heavy atom. The molecule has 1 radical (unpaired) electrons. The molecule has 0 atom stereocenters. The average Bonchev–Trinajstić information content (AvgIpc) is 1.88. The third-order valence-electron chi connectivity index (χ3n) is 1.24. The molecule has 0 aliphatic rings. The molecule has 53 valence electrons. The minimum Gasteiger partial charge on any atom is -0.207 e. The highest BCUT2D eigenvalue weighted by molar-refractivity contribution is 9.11. The van der Waals surface area contributed by atoms with Gasteiger partial charge in [-0.05, 0) is 13.0 Å². The second kappa shape index (κ2) is 3.15. The minimum absolute atomic E-state index is 0.183. The fourth-order valence-electron chi connectivity index (χ4n) is 0.741. The van der Waals surface area contributed by atoms with Crippen molar-refractivity contribution < 1.29 is 4.39 Å². The van der Waals surface area contributed by atoms with Crippen LogP contribution in [0.5, 0.6) is 0 Å². The molecule has 0 spiro atoms. The van der Waals surface area contributed by atoms with Crippen molar-refractivity contribution in [2.45, 2.75) is 6.92 Å². The summed E-state index contributed by atoms with van der Waals surface area (Å²) in [6.07, 6.45) is 0. The first-order valence-electron chi connectivity index (χ1n) is 2.96. The Kier molecular flexibility index (Phi) is 2.44.